The molecule has 2 rings (SSSR count). The van der Waals surface area contributed by atoms with E-state index in [1.807, 2.05) is 24.3 Å². The van der Waals surface area contributed by atoms with Crippen LogP contribution in [0.5, 0.6) is 11.5 Å². The van der Waals surface area contributed by atoms with Gasteiger partial charge in [0, 0.05) is 6.42 Å². The largest absolute Gasteiger partial charge is 0.497 e. The maximum Gasteiger partial charge on any atom is 0.120 e. The Bertz CT molecular complexity index is 584. The molecule has 0 bridgehead atoms. The first-order valence-electron chi connectivity index (χ1n) is 6.28. The van der Waals surface area contributed by atoms with E-state index >= 15 is 0 Å². The van der Waals surface area contributed by atoms with Crippen LogP contribution in [0.4, 0.5) is 0 Å². The Kier molecular flexibility index (Phi) is 4.88. The van der Waals surface area contributed by atoms with Crippen molar-refractivity contribution in [2.45, 2.75) is 12.5 Å². The number of benzene rings is 2. The molecule has 0 aliphatic heterocycles. The number of halogens is 1. The average molecular weight is 293 g/mol. The van der Waals surface area contributed by atoms with E-state index in [1.54, 1.807) is 32.4 Å². The van der Waals surface area contributed by atoms with Gasteiger partial charge in [-0.15, -0.1) is 0 Å². The molecule has 106 valence electrons. The van der Waals surface area contributed by atoms with Crippen LogP contribution in [0.3, 0.4) is 0 Å². The van der Waals surface area contributed by atoms with Gasteiger partial charge in [0.1, 0.15) is 11.5 Å². The maximum atomic E-state index is 10.3. The van der Waals surface area contributed by atoms with Gasteiger partial charge in [-0.05, 0) is 35.4 Å². The topological polar surface area (TPSA) is 38.7 Å². The highest BCUT2D eigenvalue weighted by Gasteiger charge is 2.13. The number of methoxy groups -OCH3 is 2. The van der Waals surface area contributed by atoms with Crippen LogP contribution >= 0.6 is 11.6 Å². The Morgan fingerprint density at radius 1 is 1.05 bits per heavy atom. The maximum absolute atomic E-state index is 10.3. The minimum absolute atomic E-state index is 0.475. The summed E-state index contributed by atoms with van der Waals surface area (Å²) in [6.45, 7) is 0. The molecule has 0 radical (unpaired) electrons. The number of aliphatic hydroxyl groups is 1. The standard InChI is InChI=1S/C16H17ClO3/c1-19-12-5-3-4-11(8-12)9-16(18)14-7-6-13(20-2)10-15(14)17/h3-8,10,16,18H,9H2,1-2H3. The zero-order valence-electron chi connectivity index (χ0n) is 11.5. The summed E-state index contributed by atoms with van der Waals surface area (Å²) in [7, 11) is 3.20. The number of aliphatic hydroxyl groups excluding tert-OH is 1. The fraction of sp³-hybridized carbons (Fsp3) is 0.250. The summed E-state index contributed by atoms with van der Waals surface area (Å²) in [5, 5.41) is 10.8. The van der Waals surface area contributed by atoms with Crippen LogP contribution < -0.4 is 9.47 Å². The predicted octanol–water partition coefficient (Wildman–Crippen LogP) is 3.63. The lowest BCUT2D eigenvalue weighted by Crippen LogP contribution is -2.03. The van der Waals surface area contributed by atoms with Crippen LogP contribution in [0.2, 0.25) is 5.02 Å². The van der Waals surface area contributed by atoms with E-state index in [0.29, 0.717) is 22.8 Å². The molecule has 0 aromatic heterocycles. The number of ether oxygens (including phenoxy) is 2. The van der Waals surface area contributed by atoms with Gasteiger partial charge in [0.2, 0.25) is 0 Å². The van der Waals surface area contributed by atoms with E-state index in [9.17, 15) is 5.11 Å². The summed E-state index contributed by atoms with van der Waals surface area (Å²) in [6.07, 6.45) is -0.191. The van der Waals surface area contributed by atoms with Gasteiger partial charge in [0.25, 0.3) is 0 Å². The fourth-order valence-corrected chi connectivity index (χ4v) is 2.33. The van der Waals surface area contributed by atoms with Gasteiger partial charge in [-0.2, -0.15) is 0 Å². The second-order valence-corrected chi connectivity index (χ2v) is 4.87. The predicted molar refractivity (Wildman–Crippen MR) is 79.7 cm³/mol. The van der Waals surface area contributed by atoms with Crippen molar-refractivity contribution >= 4 is 11.6 Å². The quantitative estimate of drug-likeness (QED) is 0.914. The van der Waals surface area contributed by atoms with E-state index < -0.39 is 6.10 Å². The molecule has 0 fully saturated rings. The first-order chi connectivity index (χ1) is 9.63. The van der Waals surface area contributed by atoms with Crippen molar-refractivity contribution in [3.63, 3.8) is 0 Å². The van der Waals surface area contributed by atoms with E-state index in [1.165, 1.54) is 0 Å². The molecule has 0 heterocycles. The van der Waals surface area contributed by atoms with Gasteiger partial charge in [0.15, 0.2) is 0 Å². The molecule has 1 N–H and O–H groups in total. The Hall–Kier alpha value is -1.71. The van der Waals surface area contributed by atoms with Crippen molar-refractivity contribution in [3.8, 4) is 11.5 Å². The van der Waals surface area contributed by atoms with Crippen LogP contribution in [0.25, 0.3) is 0 Å². The summed E-state index contributed by atoms with van der Waals surface area (Å²) in [5.74, 6) is 1.45. The van der Waals surface area contributed by atoms with Gasteiger partial charge in [-0.25, -0.2) is 0 Å². The molecule has 1 unspecified atom stereocenters. The summed E-state index contributed by atoms with van der Waals surface area (Å²) in [4.78, 5) is 0. The van der Waals surface area contributed by atoms with Crippen molar-refractivity contribution < 1.29 is 14.6 Å². The second-order valence-electron chi connectivity index (χ2n) is 4.46. The zero-order chi connectivity index (χ0) is 14.5. The first-order valence-corrected chi connectivity index (χ1v) is 6.66. The van der Waals surface area contributed by atoms with Gasteiger partial charge in [-0.1, -0.05) is 29.8 Å². The van der Waals surface area contributed by atoms with Gasteiger partial charge in [0.05, 0.1) is 25.3 Å². The lowest BCUT2D eigenvalue weighted by atomic mass is 10.0. The summed E-state index contributed by atoms with van der Waals surface area (Å²) >= 11 is 6.16. The van der Waals surface area contributed by atoms with Gasteiger partial charge in [-0.3, -0.25) is 0 Å². The van der Waals surface area contributed by atoms with Crippen LogP contribution in [0, 0.1) is 0 Å². The molecular formula is C16H17ClO3. The summed E-state index contributed by atoms with van der Waals surface area (Å²) < 4.78 is 10.3. The molecule has 0 spiro atoms. The van der Waals surface area contributed by atoms with Crippen LogP contribution in [-0.4, -0.2) is 19.3 Å². The lowest BCUT2D eigenvalue weighted by molar-refractivity contribution is 0.178. The first kappa shape index (κ1) is 14.7. The van der Waals surface area contributed by atoms with E-state index in [-0.39, 0.29) is 0 Å². The molecule has 0 aliphatic carbocycles. The van der Waals surface area contributed by atoms with Crippen molar-refractivity contribution in [2.75, 3.05) is 14.2 Å². The Labute approximate surface area is 123 Å². The Morgan fingerprint density at radius 3 is 2.40 bits per heavy atom. The van der Waals surface area contributed by atoms with Crippen LogP contribution in [0.1, 0.15) is 17.2 Å². The molecule has 0 saturated heterocycles. The minimum atomic E-state index is -0.666. The number of hydrogen-bond donors (Lipinski definition) is 1. The fourth-order valence-electron chi connectivity index (χ4n) is 2.04. The molecule has 0 aliphatic rings. The van der Waals surface area contributed by atoms with Crippen molar-refractivity contribution in [2.24, 2.45) is 0 Å². The van der Waals surface area contributed by atoms with Gasteiger partial charge < -0.3 is 14.6 Å². The number of rotatable bonds is 5. The Morgan fingerprint density at radius 2 is 1.75 bits per heavy atom. The van der Waals surface area contributed by atoms with E-state index in [4.69, 9.17) is 21.1 Å². The highest BCUT2D eigenvalue weighted by molar-refractivity contribution is 6.31. The number of hydrogen-bond acceptors (Lipinski definition) is 3. The van der Waals surface area contributed by atoms with Crippen molar-refractivity contribution in [1.29, 1.82) is 0 Å². The van der Waals surface area contributed by atoms with Crippen LogP contribution in [-0.2, 0) is 6.42 Å². The van der Waals surface area contributed by atoms with Gasteiger partial charge >= 0.3 is 0 Å². The molecule has 3 nitrogen and oxygen atoms in total. The van der Waals surface area contributed by atoms with E-state index in [2.05, 4.69) is 0 Å². The molecule has 2 aromatic rings. The third kappa shape index (κ3) is 3.44. The molecule has 0 amide bonds. The summed E-state index contributed by atoms with van der Waals surface area (Å²) in [5.41, 5.74) is 1.68. The third-order valence-corrected chi connectivity index (χ3v) is 3.46. The molecule has 4 heteroatoms. The minimum Gasteiger partial charge on any atom is -0.497 e. The highest BCUT2D eigenvalue weighted by Crippen LogP contribution is 2.29. The van der Waals surface area contributed by atoms with E-state index in [0.717, 1.165) is 11.3 Å². The molecule has 0 saturated carbocycles. The molecule has 1 atom stereocenters. The van der Waals surface area contributed by atoms with Crippen molar-refractivity contribution in [1.82, 2.24) is 0 Å². The second kappa shape index (κ2) is 6.64. The molecule has 20 heavy (non-hydrogen) atoms. The SMILES string of the molecule is COc1cccc(CC(O)c2ccc(OC)cc2Cl)c1. The van der Waals surface area contributed by atoms with Crippen LogP contribution in [0.15, 0.2) is 42.5 Å². The highest BCUT2D eigenvalue weighted by atomic mass is 35.5. The molecule has 2 aromatic carbocycles. The average Bonchev–Trinajstić information content (AvgIpc) is 2.47. The normalized spacial score (nSPS) is 12.0. The lowest BCUT2D eigenvalue weighted by Gasteiger charge is -2.14. The smallest absolute Gasteiger partial charge is 0.120 e. The summed E-state index contributed by atoms with van der Waals surface area (Å²) in [6, 6.07) is 12.9. The zero-order valence-corrected chi connectivity index (χ0v) is 12.2. The Balaban J connectivity index is 2.16. The van der Waals surface area contributed by atoms with Crippen molar-refractivity contribution in [3.05, 3.63) is 58.6 Å². The third-order valence-electron chi connectivity index (χ3n) is 3.13. The molecular weight excluding hydrogens is 276 g/mol. The monoisotopic (exact) mass is 292 g/mol.